The molecule has 17 heavy (non-hydrogen) atoms. The van der Waals surface area contributed by atoms with Gasteiger partial charge in [0.25, 0.3) is 0 Å². The smallest absolute Gasteiger partial charge is 0.188 e. The van der Waals surface area contributed by atoms with Crippen LogP contribution in [0.4, 0.5) is 0 Å². The lowest BCUT2D eigenvalue weighted by atomic mass is 10.1. The Morgan fingerprint density at radius 1 is 1.06 bits per heavy atom. The fourth-order valence-electron chi connectivity index (χ4n) is 1.56. The average Bonchev–Trinajstić information content (AvgIpc) is 2.37. The van der Waals surface area contributed by atoms with E-state index in [1.165, 1.54) is 5.56 Å². The zero-order valence-electron chi connectivity index (χ0n) is 9.52. The van der Waals surface area contributed by atoms with E-state index in [2.05, 4.69) is 28.1 Å². The summed E-state index contributed by atoms with van der Waals surface area (Å²) in [5.41, 5.74) is 2.33. The predicted octanol–water partition coefficient (Wildman–Crippen LogP) is 4.10. The molecule has 0 unspecified atom stereocenters. The maximum absolute atomic E-state index is 5.37. The average molecular weight is 293 g/mol. The summed E-state index contributed by atoms with van der Waals surface area (Å²) in [6, 6.07) is 16.1. The molecule has 0 aliphatic heterocycles. The van der Waals surface area contributed by atoms with Crippen LogP contribution in [-0.4, -0.2) is 13.9 Å². The van der Waals surface area contributed by atoms with Crippen molar-refractivity contribution in [2.24, 2.45) is 0 Å². The van der Waals surface area contributed by atoms with Gasteiger partial charge in [-0.3, -0.25) is 0 Å². The highest BCUT2D eigenvalue weighted by Gasteiger charge is 2.04. The zero-order valence-corrected chi connectivity index (χ0v) is 11.1. The van der Waals surface area contributed by atoms with Crippen molar-refractivity contribution in [2.45, 2.75) is 0 Å². The molecule has 0 heterocycles. The molecule has 0 bridgehead atoms. The fraction of sp³-hybridized carbons (Fsp3) is 0.143. The van der Waals surface area contributed by atoms with Gasteiger partial charge >= 0.3 is 0 Å². The van der Waals surface area contributed by atoms with E-state index in [1.807, 2.05) is 36.4 Å². The zero-order chi connectivity index (χ0) is 12.1. The van der Waals surface area contributed by atoms with Gasteiger partial charge in [0.05, 0.1) is 0 Å². The molecule has 0 spiro atoms. The van der Waals surface area contributed by atoms with Gasteiger partial charge in [-0.1, -0.05) is 46.3 Å². The number of halogens is 1. The molecule has 0 amide bonds. The molecule has 0 aromatic heterocycles. The van der Waals surface area contributed by atoms with E-state index >= 15 is 0 Å². The van der Waals surface area contributed by atoms with Crippen molar-refractivity contribution in [3.8, 4) is 16.9 Å². The topological polar surface area (TPSA) is 18.5 Å². The predicted molar refractivity (Wildman–Crippen MR) is 72.1 cm³/mol. The Morgan fingerprint density at radius 3 is 2.47 bits per heavy atom. The third kappa shape index (κ3) is 3.08. The Bertz CT molecular complexity index is 483. The Kier molecular flexibility index (Phi) is 4.18. The summed E-state index contributed by atoms with van der Waals surface area (Å²) in [6.07, 6.45) is 0. The number of benzene rings is 2. The maximum atomic E-state index is 5.37. The molecular weight excluding hydrogens is 280 g/mol. The lowest BCUT2D eigenvalue weighted by molar-refractivity contribution is 0.0511. The molecule has 2 aromatic rings. The third-order valence-electron chi connectivity index (χ3n) is 2.37. The summed E-state index contributed by atoms with van der Waals surface area (Å²) in [5.74, 6) is 0.790. The highest BCUT2D eigenvalue weighted by Crippen LogP contribution is 2.31. The lowest BCUT2D eigenvalue weighted by Crippen LogP contribution is -1.98. The number of methoxy groups -OCH3 is 1. The van der Waals surface area contributed by atoms with Gasteiger partial charge < -0.3 is 9.47 Å². The van der Waals surface area contributed by atoms with Gasteiger partial charge in [-0.25, -0.2) is 0 Å². The monoisotopic (exact) mass is 292 g/mol. The molecule has 0 aliphatic carbocycles. The van der Waals surface area contributed by atoms with Crippen LogP contribution in [0.15, 0.2) is 53.0 Å². The van der Waals surface area contributed by atoms with Gasteiger partial charge in [0.2, 0.25) is 0 Å². The quantitative estimate of drug-likeness (QED) is 0.790. The molecule has 88 valence electrons. The summed E-state index contributed by atoms with van der Waals surface area (Å²) >= 11 is 3.55. The van der Waals surface area contributed by atoms with Gasteiger partial charge in [0.15, 0.2) is 6.79 Å². The molecule has 0 aliphatic rings. The van der Waals surface area contributed by atoms with Crippen molar-refractivity contribution in [1.82, 2.24) is 0 Å². The Morgan fingerprint density at radius 2 is 1.82 bits per heavy atom. The number of ether oxygens (including phenoxy) is 2. The SMILES string of the molecule is COCOc1ccc(-c2ccccc2)c(Br)c1. The van der Waals surface area contributed by atoms with Crippen molar-refractivity contribution in [3.05, 3.63) is 53.0 Å². The van der Waals surface area contributed by atoms with E-state index in [0.717, 1.165) is 15.8 Å². The van der Waals surface area contributed by atoms with E-state index in [4.69, 9.17) is 9.47 Å². The minimum absolute atomic E-state index is 0.261. The summed E-state index contributed by atoms with van der Waals surface area (Å²) in [5, 5.41) is 0. The van der Waals surface area contributed by atoms with E-state index < -0.39 is 0 Å². The van der Waals surface area contributed by atoms with Gasteiger partial charge in [0.1, 0.15) is 5.75 Å². The van der Waals surface area contributed by atoms with Crippen LogP contribution in [0.1, 0.15) is 0 Å². The summed E-state index contributed by atoms with van der Waals surface area (Å²) in [7, 11) is 1.60. The van der Waals surface area contributed by atoms with Crippen LogP contribution >= 0.6 is 15.9 Å². The van der Waals surface area contributed by atoms with Crippen LogP contribution < -0.4 is 4.74 Å². The molecule has 0 saturated carbocycles. The molecule has 0 radical (unpaired) electrons. The molecule has 2 nitrogen and oxygen atoms in total. The molecule has 3 heteroatoms. The molecule has 0 saturated heterocycles. The van der Waals surface area contributed by atoms with Gasteiger partial charge in [-0.05, 0) is 29.3 Å². The summed E-state index contributed by atoms with van der Waals surface area (Å²) in [4.78, 5) is 0. The van der Waals surface area contributed by atoms with E-state index in [-0.39, 0.29) is 6.79 Å². The van der Waals surface area contributed by atoms with Gasteiger partial charge in [-0.15, -0.1) is 0 Å². The lowest BCUT2D eigenvalue weighted by Gasteiger charge is -2.08. The standard InChI is InChI=1S/C14H13BrO2/c1-16-10-17-12-7-8-13(14(15)9-12)11-5-3-2-4-6-11/h2-9H,10H2,1H3. The van der Waals surface area contributed by atoms with E-state index in [0.29, 0.717) is 0 Å². The van der Waals surface area contributed by atoms with Crippen molar-refractivity contribution in [2.75, 3.05) is 13.9 Å². The second kappa shape index (κ2) is 5.84. The second-order valence-corrected chi connectivity index (χ2v) is 4.41. The van der Waals surface area contributed by atoms with Crippen molar-refractivity contribution < 1.29 is 9.47 Å². The number of hydrogen-bond donors (Lipinski definition) is 0. The Labute approximate surface area is 109 Å². The largest absolute Gasteiger partial charge is 0.468 e. The maximum Gasteiger partial charge on any atom is 0.188 e. The second-order valence-electron chi connectivity index (χ2n) is 3.56. The van der Waals surface area contributed by atoms with E-state index in [1.54, 1.807) is 7.11 Å². The first-order valence-corrected chi connectivity index (χ1v) is 6.07. The first-order valence-electron chi connectivity index (χ1n) is 5.28. The van der Waals surface area contributed by atoms with E-state index in [9.17, 15) is 0 Å². The van der Waals surface area contributed by atoms with Crippen molar-refractivity contribution in [3.63, 3.8) is 0 Å². The normalized spacial score (nSPS) is 10.2. The highest BCUT2D eigenvalue weighted by molar-refractivity contribution is 9.10. The molecule has 2 aromatic carbocycles. The Balaban J connectivity index is 2.26. The van der Waals surface area contributed by atoms with Crippen LogP contribution in [0.3, 0.4) is 0 Å². The van der Waals surface area contributed by atoms with Crippen molar-refractivity contribution >= 4 is 15.9 Å². The molecule has 2 rings (SSSR count). The van der Waals surface area contributed by atoms with Crippen LogP contribution in [0.2, 0.25) is 0 Å². The van der Waals surface area contributed by atoms with Gasteiger partial charge in [0, 0.05) is 11.6 Å². The minimum Gasteiger partial charge on any atom is -0.468 e. The van der Waals surface area contributed by atoms with Crippen molar-refractivity contribution in [1.29, 1.82) is 0 Å². The van der Waals surface area contributed by atoms with Crippen LogP contribution in [0.25, 0.3) is 11.1 Å². The Hall–Kier alpha value is -1.32. The minimum atomic E-state index is 0.261. The van der Waals surface area contributed by atoms with Crippen LogP contribution in [0.5, 0.6) is 5.75 Å². The third-order valence-corrected chi connectivity index (χ3v) is 3.02. The molecule has 0 fully saturated rings. The molecular formula is C14H13BrO2. The molecule has 0 N–H and O–H groups in total. The van der Waals surface area contributed by atoms with Crippen LogP contribution in [-0.2, 0) is 4.74 Å². The fourth-order valence-corrected chi connectivity index (χ4v) is 2.15. The summed E-state index contributed by atoms with van der Waals surface area (Å²) < 4.78 is 11.2. The summed E-state index contributed by atoms with van der Waals surface area (Å²) in [6.45, 7) is 0.261. The van der Waals surface area contributed by atoms with Crippen LogP contribution in [0, 0.1) is 0 Å². The first-order chi connectivity index (χ1) is 8.31. The number of hydrogen-bond acceptors (Lipinski definition) is 2. The molecule has 0 atom stereocenters. The first kappa shape index (κ1) is 12.1. The van der Waals surface area contributed by atoms with Gasteiger partial charge in [-0.2, -0.15) is 0 Å². The number of rotatable bonds is 4. The highest BCUT2D eigenvalue weighted by atomic mass is 79.9.